The number of hydrogen-bond donors (Lipinski definition) is 1. The van der Waals surface area contributed by atoms with Gasteiger partial charge in [0, 0.05) is 32.7 Å². The number of amides is 1. The third kappa shape index (κ3) is 4.60. The predicted octanol–water partition coefficient (Wildman–Crippen LogP) is 4.27. The maximum absolute atomic E-state index is 13.1. The van der Waals surface area contributed by atoms with Crippen LogP contribution in [0, 0.1) is 0 Å². The molecule has 164 valence electrons. The molecular weight excluding hydrogens is 420 g/mol. The Balaban J connectivity index is 1.33. The highest BCUT2D eigenvalue weighted by Crippen LogP contribution is 2.31. The molecule has 0 aliphatic carbocycles. The van der Waals surface area contributed by atoms with Crippen LogP contribution >= 0.6 is 11.3 Å². The Morgan fingerprint density at radius 2 is 1.78 bits per heavy atom. The van der Waals surface area contributed by atoms with Gasteiger partial charge in [-0.2, -0.15) is 0 Å². The van der Waals surface area contributed by atoms with Crippen LogP contribution in [-0.4, -0.2) is 60.5 Å². The van der Waals surface area contributed by atoms with Gasteiger partial charge in [-0.25, -0.2) is 4.98 Å². The number of rotatable bonds is 6. The van der Waals surface area contributed by atoms with Crippen LogP contribution in [0.25, 0.3) is 21.0 Å². The van der Waals surface area contributed by atoms with Crippen LogP contribution < -0.4 is 5.32 Å². The molecule has 0 bridgehead atoms. The molecule has 0 spiro atoms. The molecule has 3 heterocycles. The molecule has 32 heavy (non-hydrogen) atoms. The van der Waals surface area contributed by atoms with Gasteiger partial charge in [0.15, 0.2) is 16.5 Å². The average Bonchev–Trinajstić information content (AvgIpc) is 3.48. The molecule has 2 aromatic carbocycles. The van der Waals surface area contributed by atoms with Crippen molar-refractivity contribution >= 4 is 27.5 Å². The molecule has 1 N–H and O–H groups in total. The molecule has 0 radical (unpaired) electrons. The minimum absolute atomic E-state index is 0.108. The summed E-state index contributed by atoms with van der Waals surface area (Å²) in [6, 6.07) is 21.6. The normalized spacial score (nSPS) is 16.3. The fourth-order valence-electron chi connectivity index (χ4n) is 3.99. The Morgan fingerprint density at radius 3 is 2.56 bits per heavy atom. The highest BCUT2D eigenvalue weighted by Gasteiger charge is 2.23. The molecule has 1 amide bonds. The van der Waals surface area contributed by atoms with Crippen LogP contribution in [0.4, 0.5) is 0 Å². The maximum atomic E-state index is 13.1. The molecule has 6 nitrogen and oxygen atoms in total. The molecule has 1 atom stereocenters. The number of fused-ring (bicyclic) bond motifs is 1. The minimum atomic E-state index is -0.208. The number of likely N-dealkylation sites (N-methyl/N-ethyl adjacent to an activating group) is 1. The van der Waals surface area contributed by atoms with Crippen molar-refractivity contribution < 1.29 is 9.21 Å². The number of thiazole rings is 1. The first-order chi connectivity index (χ1) is 15.7. The number of nitrogens with zero attached hydrogens (tertiary/aromatic N) is 3. The van der Waals surface area contributed by atoms with Crippen molar-refractivity contribution in [2.45, 2.75) is 6.04 Å². The summed E-state index contributed by atoms with van der Waals surface area (Å²) in [5, 5.41) is 3.97. The van der Waals surface area contributed by atoms with E-state index in [4.69, 9.17) is 4.42 Å². The number of carbonyl (C=O) groups is 1. The summed E-state index contributed by atoms with van der Waals surface area (Å²) in [5.74, 6) is 0.714. The lowest BCUT2D eigenvalue weighted by atomic mass is 10.1. The smallest absolute Gasteiger partial charge is 0.287 e. The lowest BCUT2D eigenvalue weighted by Crippen LogP contribution is -2.47. The van der Waals surface area contributed by atoms with Gasteiger partial charge in [-0.1, -0.05) is 42.5 Å². The number of carbonyl (C=O) groups excluding carboxylic acids is 1. The number of aromatic nitrogens is 1. The fraction of sp³-hybridized carbons (Fsp3) is 0.280. The molecule has 4 aromatic rings. The number of benzene rings is 2. The van der Waals surface area contributed by atoms with Crippen molar-refractivity contribution in [3.8, 4) is 10.8 Å². The van der Waals surface area contributed by atoms with Crippen molar-refractivity contribution in [1.29, 1.82) is 0 Å². The summed E-state index contributed by atoms with van der Waals surface area (Å²) in [6.07, 6.45) is 0. The van der Waals surface area contributed by atoms with Crippen molar-refractivity contribution in [1.82, 2.24) is 20.1 Å². The molecule has 1 aliphatic heterocycles. The van der Waals surface area contributed by atoms with E-state index in [1.54, 1.807) is 17.4 Å². The maximum Gasteiger partial charge on any atom is 0.287 e. The van der Waals surface area contributed by atoms with Crippen molar-refractivity contribution in [3.63, 3.8) is 0 Å². The van der Waals surface area contributed by atoms with Crippen LogP contribution in [0.5, 0.6) is 0 Å². The van der Waals surface area contributed by atoms with E-state index in [2.05, 4.69) is 39.3 Å². The van der Waals surface area contributed by atoms with E-state index in [0.29, 0.717) is 11.5 Å². The standard InChI is InChI=1S/C25H26N4O2S/c1-28-13-15-29(16-14-28)17-20(18-7-3-2-4-8-18)26-24(30)21-11-12-22(31-21)25-27-19-9-5-6-10-23(19)32-25/h2-12,20H,13-17H2,1H3,(H,26,30). The zero-order valence-electron chi connectivity index (χ0n) is 18.0. The van der Waals surface area contributed by atoms with Gasteiger partial charge in [0.25, 0.3) is 5.91 Å². The molecule has 2 aromatic heterocycles. The van der Waals surface area contributed by atoms with Gasteiger partial charge >= 0.3 is 0 Å². The molecule has 5 rings (SSSR count). The lowest BCUT2D eigenvalue weighted by Gasteiger charge is -2.34. The monoisotopic (exact) mass is 446 g/mol. The second-order valence-corrected chi connectivity index (χ2v) is 9.22. The van der Waals surface area contributed by atoms with Crippen LogP contribution in [0.2, 0.25) is 0 Å². The molecule has 7 heteroatoms. The van der Waals surface area contributed by atoms with E-state index >= 15 is 0 Å². The van der Waals surface area contributed by atoms with Gasteiger partial charge in [-0.15, -0.1) is 11.3 Å². The SMILES string of the molecule is CN1CCN(CC(NC(=O)c2ccc(-c3nc4ccccc4s3)o2)c2ccccc2)CC1. The van der Waals surface area contributed by atoms with Gasteiger partial charge in [0.2, 0.25) is 0 Å². The summed E-state index contributed by atoms with van der Waals surface area (Å²) in [4.78, 5) is 22.5. The molecule has 1 aliphatic rings. The first-order valence-electron chi connectivity index (χ1n) is 10.9. The fourth-order valence-corrected chi connectivity index (χ4v) is 4.92. The third-order valence-electron chi connectivity index (χ3n) is 5.88. The van der Waals surface area contributed by atoms with Crippen LogP contribution in [0.3, 0.4) is 0 Å². The summed E-state index contributed by atoms with van der Waals surface area (Å²) in [5.41, 5.74) is 2.03. The summed E-state index contributed by atoms with van der Waals surface area (Å²) < 4.78 is 7.02. The van der Waals surface area contributed by atoms with E-state index in [1.807, 2.05) is 48.5 Å². The van der Waals surface area contributed by atoms with Crippen LogP contribution in [0.1, 0.15) is 22.2 Å². The Hall–Kier alpha value is -3.00. The van der Waals surface area contributed by atoms with Crippen LogP contribution in [0.15, 0.2) is 71.1 Å². The zero-order chi connectivity index (χ0) is 21.9. The van der Waals surface area contributed by atoms with Gasteiger partial charge < -0.3 is 14.6 Å². The predicted molar refractivity (Wildman–Crippen MR) is 128 cm³/mol. The average molecular weight is 447 g/mol. The topological polar surface area (TPSA) is 61.6 Å². The van der Waals surface area contributed by atoms with Crippen LogP contribution in [-0.2, 0) is 0 Å². The number of para-hydroxylation sites is 1. The Bertz CT molecular complexity index is 1160. The van der Waals surface area contributed by atoms with E-state index in [0.717, 1.165) is 53.5 Å². The van der Waals surface area contributed by atoms with Gasteiger partial charge in [0.05, 0.1) is 16.3 Å². The van der Waals surface area contributed by atoms with Crippen molar-refractivity contribution in [2.75, 3.05) is 39.8 Å². The van der Waals surface area contributed by atoms with E-state index in [-0.39, 0.29) is 11.9 Å². The first-order valence-corrected chi connectivity index (χ1v) is 11.7. The first kappa shape index (κ1) is 20.9. The molecular formula is C25H26N4O2S. The Morgan fingerprint density at radius 1 is 1.03 bits per heavy atom. The van der Waals surface area contributed by atoms with Crippen molar-refractivity contribution in [3.05, 3.63) is 78.1 Å². The third-order valence-corrected chi connectivity index (χ3v) is 6.93. The summed E-state index contributed by atoms with van der Waals surface area (Å²) >= 11 is 1.56. The number of piperazine rings is 1. The largest absolute Gasteiger partial charge is 0.448 e. The minimum Gasteiger partial charge on any atom is -0.448 e. The Labute approximate surface area is 191 Å². The highest BCUT2D eigenvalue weighted by molar-refractivity contribution is 7.21. The quantitative estimate of drug-likeness (QED) is 0.479. The number of nitrogens with one attached hydrogen (secondary N) is 1. The van der Waals surface area contributed by atoms with E-state index in [9.17, 15) is 4.79 Å². The summed E-state index contributed by atoms with van der Waals surface area (Å²) in [6.45, 7) is 4.85. The molecule has 0 saturated carbocycles. The van der Waals surface area contributed by atoms with Gasteiger partial charge in [0.1, 0.15) is 0 Å². The highest BCUT2D eigenvalue weighted by atomic mass is 32.1. The Kier molecular flexibility index (Phi) is 6.03. The van der Waals surface area contributed by atoms with Gasteiger partial charge in [-0.3, -0.25) is 9.69 Å². The number of furan rings is 1. The van der Waals surface area contributed by atoms with E-state index < -0.39 is 0 Å². The molecule has 1 unspecified atom stereocenters. The number of hydrogen-bond acceptors (Lipinski definition) is 6. The zero-order valence-corrected chi connectivity index (χ0v) is 18.8. The summed E-state index contributed by atoms with van der Waals surface area (Å²) in [7, 11) is 2.15. The molecule has 1 fully saturated rings. The van der Waals surface area contributed by atoms with Crippen molar-refractivity contribution in [2.24, 2.45) is 0 Å². The second kappa shape index (κ2) is 9.24. The molecule has 1 saturated heterocycles. The van der Waals surface area contributed by atoms with E-state index in [1.165, 1.54) is 0 Å². The second-order valence-electron chi connectivity index (χ2n) is 8.19. The lowest BCUT2D eigenvalue weighted by molar-refractivity contribution is 0.0881. The van der Waals surface area contributed by atoms with Gasteiger partial charge in [-0.05, 0) is 36.9 Å².